The van der Waals surface area contributed by atoms with E-state index in [2.05, 4.69) is 0 Å². The number of likely N-dealkylation sites (N-methyl/N-ethyl adjacent to an activating group) is 1. The Hall–Kier alpha value is -0.970. The van der Waals surface area contributed by atoms with Crippen molar-refractivity contribution in [1.82, 2.24) is 4.90 Å². The molecule has 0 saturated carbocycles. The van der Waals surface area contributed by atoms with E-state index in [1.54, 1.807) is 0 Å². The molecule has 1 aromatic carbocycles. The summed E-state index contributed by atoms with van der Waals surface area (Å²) < 4.78 is 39.1. The average molecular weight is 291 g/mol. The van der Waals surface area contributed by atoms with E-state index in [-0.39, 0.29) is 18.5 Å². The molecule has 1 aromatic rings. The lowest BCUT2D eigenvalue weighted by molar-refractivity contribution is -0.0406. The van der Waals surface area contributed by atoms with Crippen molar-refractivity contribution in [1.29, 1.82) is 0 Å². The maximum absolute atomic E-state index is 7.44. The lowest BCUT2D eigenvalue weighted by Gasteiger charge is -2.29. The molecule has 0 bridgehead atoms. The van der Waals surface area contributed by atoms with E-state index in [1.165, 1.54) is 4.90 Å². The van der Waals surface area contributed by atoms with Gasteiger partial charge in [-0.15, -0.1) is 12.4 Å². The third kappa shape index (κ3) is 4.90. The molecule has 1 heterocycles. The smallest absolute Gasteiger partial charge is 0.161 e. The summed E-state index contributed by atoms with van der Waals surface area (Å²) in [5, 5.41) is 0. The Morgan fingerprint density at radius 3 is 2.79 bits per heavy atom. The van der Waals surface area contributed by atoms with Crippen LogP contribution in [0.5, 0.6) is 11.5 Å². The van der Waals surface area contributed by atoms with Crippen molar-refractivity contribution in [2.24, 2.45) is 0 Å². The van der Waals surface area contributed by atoms with Crippen LogP contribution in [0.3, 0.4) is 0 Å². The number of nitrogens with zero attached hydrogens (tertiary/aromatic N) is 1. The van der Waals surface area contributed by atoms with E-state index in [0.717, 1.165) is 0 Å². The minimum atomic E-state index is -2.08. The fourth-order valence-corrected chi connectivity index (χ4v) is 1.85. The van der Waals surface area contributed by atoms with Gasteiger partial charge >= 0.3 is 0 Å². The Labute approximate surface area is 125 Å². The highest BCUT2D eigenvalue weighted by atomic mass is 35.5. The molecular weight excluding hydrogens is 266 g/mol. The van der Waals surface area contributed by atoms with E-state index >= 15 is 0 Å². The van der Waals surface area contributed by atoms with Crippen molar-refractivity contribution in [2.75, 3.05) is 39.9 Å². The van der Waals surface area contributed by atoms with Crippen molar-refractivity contribution in [3.63, 3.8) is 0 Å². The number of morpholine rings is 1. The maximum atomic E-state index is 7.44. The van der Waals surface area contributed by atoms with Gasteiger partial charge in [0.25, 0.3) is 0 Å². The second kappa shape index (κ2) is 8.25. The molecule has 5 heteroatoms. The molecule has 1 aliphatic heterocycles. The number of hydrogen-bond acceptors (Lipinski definition) is 4. The molecular formula is C14H22ClNO3. The molecule has 19 heavy (non-hydrogen) atoms. The van der Waals surface area contributed by atoms with Crippen LogP contribution in [0.4, 0.5) is 0 Å². The fraction of sp³-hybridized carbons (Fsp3) is 0.571. The van der Waals surface area contributed by atoms with Crippen LogP contribution in [-0.4, -0.2) is 50.9 Å². The van der Waals surface area contributed by atoms with Crippen LogP contribution in [0.2, 0.25) is 0 Å². The monoisotopic (exact) mass is 290 g/mol. The number of para-hydroxylation sites is 2. The predicted octanol–water partition coefficient (Wildman–Crippen LogP) is 2.22. The number of ether oxygens (including phenoxy) is 3. The number of halogens is 1. The molecule has 1 aliphatic rings. The van der Waals surface area contributed by atoms with Crippen LogP contribution >= 0.6 is 12.4 Å². The van der Waals surface area contributed by atoms with Crippen molar-refractivity contribution in [3.8, 4) is 11.5 Å². The van der Waals surface area contributed by atoms with Crippen LogP contribution < -0.4 is 9.47 Å². The third-order valence-corrected chi connectivity index (χ3v) is 2.71. The molecule has 0 amide bonds. The van der Waals surface area contributed by atoms with Gasteiger partial charge in [0.2, 0.25) is 0 Å². The molecule has 4 nitrogen and oxygen atoms in total. The summed E-state index contributed by atoms with van der Waals surface area (Å²) in [5.41, 5.74) is 0. The van der Waals surface area contributed by atoms with Gasteiger partial charge in [0.1, 0.15) is 12.7 Å². The van der Waals surface area contributed by atoms with E-state index in [4.69, 9.17) is 18.3 Å². The molecule has 1 fully saturated rings. The Bertz CT molecular complexity index is 459. The topological polar surface area (TPSA) is 30.9 Å². The molecule has 1 saturated heterocycles. The molecule has 1 unspecified atom stereocenters. The number of hydrogen-bond donors (Lipinski definition) is 0. The zero-order valence-electron chi connectivity index (χ0n) is 14.0. The highest BCUT2D eigenvalue weighted by molar-refractivity contribution is 5.85. The van der Waals surface area contributed by atoms with Crippen LogP contribution in [0.1, 0.15) is 11.0 Å². The molecule has 0 N–H and O–H groups in total. The normalized spacial score (nSPS) is 22.6. The molecule has 0 aliphatic carbocycles. The van der Waals surface area contributed by atoms with Crippen molar-refractivity contribution in [3.05, 3.63) is 24.3 Å². The van der Waals surface area contributed by atoms with Crippen molar-refractivity contribution in [2.45, 2.75) is 13.0 Å². The van der Waals surface area contributed by atoms with Gasteiger partial charge in [-0.05, 0) is 26.0 Å². The molecule has 0 spiro atoms. The molecule has 0 radical (unpaired) electrons. The van der Waals surface area contributed by atoms with Gasteiger partial charge < -0.3 is 19.1 Å². The molecule has 108 valence electrons. The summed E-state index contributed by atoms with van der Waals surface area (Å²) in [6.07, 6.45) is -0.256. The summed E-state index contributed by atoms with van der Waals surface area (Å²) in [4.78, 5) is 1.44. The van der Waals surface area contributed by atoms with Crippen LogP contribution in [0.25, 0.3) is 0 Å². The fourth-order valence-electron chi connectivity index (χ4n) is 1.85. The SMILES string of the molecule is Cl.[2H]C([2H])([2H])N1CCOC(COc2ccccc2OCC)C1. The van der Waals surface area contributed by atoms with Crippen molar-refractivity contribution < 1.29 is 18.3 Å². The highest BCUT2D eigenvalue weighted by Gasteiger charge is 2.18. The Kier molecular flexibility index (Phi) is 5.13. The quantitative estimate of drug-likeness (QED) is 0.832. The van der Waals surface area contributed by atoms with Crippen LogP contribution in [0.15, 0.2) is 24.3 Å². The van der Waals surface area contributed by atoms with Gasteiger partial charge in [-0.3, -0.25) is 0 Å². The predicted molar refractivity (Wildman–Crippen MR) is 77.6 cm³/mol. The summed E-state index contributed by atoms with van der Waals surface area (Å²) in [6, 6.07) is 7.42. The van der Waals surface area contributed by atoms with Gasteiger partial charge in [-0.25, -0.2) is 0 Å². The summed E-state index contributed by atoms with van der Waals surface area (Å²) in [6.45, 7) is 1.86. The number of benzene rings is 1. The van der Waals surface area contributed by atoms with Crippen molar-refractivity contribution >= 4 is 12.4 Å². The average Bonchev–Trinajstić information content (AvgIpc) is 2.46. The largest absolute Gasteiger partial charge is 0.490 e. The third-order valence-electron chi connectivity index (χ3n) is 2.71. The van der Waals surface area contributed by atoms with Gasteiger partial charge in [-0.1, -0.05) is 12.1 Å². The van der Waals surface area contributed by atoms with Crippen LogP contribution in [-0.2, 0) is 4.74 Å². The summed E-state index contributed by atoms with van der Waals surface area (Å²) >= 11 is 0. The van der Waals surface area contributed by atoms with E-state index < -0.39 is 6.98 Å². The summed E-state index contributed by atoms with van der Waals surface area (Å²) in [5.74, 6) is 1.33. The van der Waals surface area contributed by atoms with Gasteiger partial charge in [-0.2, -0.15) is 0 Å². The lowest BCUT2D eigenvalue weighted by atomic mass is 10.3. The van der Waals surface area contributed by atoms with Gasteiger partial charge in [0.15, 0.2) is 11.5 Å². The summed E-state index contributed by atoms with van der Waals surface area (Å²) in [7, 11) is 0. The first-order chi connectivity index (χ1) is 10.0. The Morgan fingerprint density at radius 1 is 1.37 bits per heavy atom. The minimum absolute atomic E-state index is 0. The van der Waals surface area contributed by atoms with E-state index in [9.17, 15) is 0 Å². The zero-order chi connectivity index (χ0) is 15.3. The number of rotatable bonds is 5. The molecule has 2 rings (SSSR count). The molecule has 1 atom stereocenters. The van der Waals surface area contributed by atoms with Crippen LogP contribution in [0, 0.1) is 0 Å². The first-order valence-corrected chi connectivity index (χ1v) is 6.22. The second-order valence-electron chi connectivity index (χ2n) is 4.13. The maximum Gasteiger partial charge on any atom is 0.161 e. The minimum Gasteiger partial charge on any atom is -0.490 e. The van der Waals surface area contributed by atoms with Gasteiger partial charge in [0, 0.05) is 17.2 Å². The Morgan fingerprint density at radius 2 is 2.11 bits per heavy atom. The molecule has 0 aromatic heterocycles. The first-order valence-electron chi connectivity index (χ1n) is 7.72. The zero-order valence-corrected chi connectivity index (χ0v) is 11.8. The standard InChI is InChI=1S/C14H21NO3.ClH/c1-3-16-13-6-4-5-7-14(13)18-11-12-10-15(2)8-9-17-12;/h4-7,12H,3,8-11H2,1-2H3;1H/i2D3;. The van der Waals surface area contributed by atoms with E-state index in [1.807, 2.05) is 31.2 Å². The Balaban J connectivity index is 0.00000242. The first kappa shape index (κ1) is 11.8. The second-order valence-corrected chi connectivity index (χ2v) is 4.13. The van der Waals surface area contributed by atoms with Gasteiger partial charge in [0.05, 0.1) is 13.2 Å². The highest BCUT2D eigenvalue weighted by Crippen LogP contribution is 2.26. The lowest BCUT2D eigenvalue weighted by Crippen LogP contribution is -2.42. The van der Waals surface area contributed by atoms with E-state index in [0.29, 0.717) is 44.4 Å².